The Morgan fingerprint density at radius 3 is 2.57 bits per heavy atom. The van der Waals surface area contributed by atoms with Gasteiger partial charge in [-0.3, -0.25) is 9.21 Å². The monoisotopic (exact) mass is 551 g/mol. The van der Waals surface area contributed by atoms with Crippen LogP contribution >= 0.6 is 23.5 Å². The first-order valence-electron chi connectivity index (χ1n) is 12.4. The number of anilines is 1. The van der Waals surface area contributed by atoms with Crippen LogP contribution < -0.4 is 5.32 Å². The van der Waals surface area contributed by atoms with Crippen molar-refractivity contribution in [3.05, 3.63) is 53.1 Å². The highest BCUT2D eigenvalue weighted by Crippen LogP contribution is 2.36. The van der Waals surface area contributed by atoms with Crippen LogP contribution in [0.5, 0.6) is 0 Å². The van der Waals surface area contributed by atoms with Gasteiger partial charge in [-0.2, -0.15) is 13.2 Å². The van der Waals surface area contributed by atoms with Crippen LogP contribution in [0, 0.1) is 0 Å². The highest BCUT2D eigenvalue weighted by Gasteiger charge is 2.36. The van der Waals surface area contributed by atoms with Crippen LogP contribution in [0.15, 0.2) is 36.9 Å². The van der Waals surface area contributed by atoms with E-state index >= 15 is 0 Å². The first-order chi connectivity index (χ1) is 17.8. The van der Waals surface area contributed by atoms with E-state index in [1.165, 1.54) is 18.9 Å². The molecular weight excluding hydrogens is 523 g/mol. The van der Waals surface area contributed by atoms with Crippen molar-refractivity contribution in [1.82, 2.24) is 28.7 Å². The minimum Gasteiger partial charge on any atom is -0.351 e. The number of hydrogen-bond acceptors (Lipinski definition) is 7. The van der Waals surface area contributed by atoms with Gasteiger partial charge < -0.3 is 9.88 Å². The summed E-state index contributed by atoms with van der Waals surface area (Å²) in [5, 5.41) is 3.74. The number of likely N-dealkylation sites (tertiary alicyclic amines) is 1. The SMILES string of the molecule is CCSN1CCC(Nc2ncc(C(F)(F)F)c(-c3cn(-c4ccc(CN5CCC5)cc4Cl)cn3)n2)CC1. The van der Waals surface area contributed by atoms with Crippen molar-refractivity contribution < 1.29 is 13.2 Å². The number of nitrogens with one attached hydrogen (secondary N) is 1. The van der Waals surface area contributed by atoms with Crippen LogP contribution in [0.2, 0.25) is 5.02 Å². The fourth-order valence-electron chi connectivity index (χ4n) is 4.58. The molecule has 1 N–H and O–H groups in total. The third-order valence-electron chi connectivity index (χ3n) is 6.66. The molecule has 198 valence electrons. The Morgan fingerprint density at radius 2 is 1.92 bits per heavy atom. The van der Waals surface area contributed by atoms with Crippen molar-refractivity contribution in [2.24, 2.45) is 0 Å². The van der Waals surface area contributed by atoms with Crippen molar-refractivity contribution in [3.8, 4) is 17.1 Å². The minimum absolute atomic E-state index is 0.101. The number of piperidine rings is 1. The van der Waals surface area contributed by atoms with E-state index in [1.807, 2.05) is 18.2 Å². The van der Waals surface area contributed by atoms with Gasteiger partial charge in [0.2, 0.25) is 5.95 Å². The minimum atomic E-state index is -4.61. The van der Waals surface area contributed by atoms with Crippen LogP contribution in [0.4, 0.5) is 19.1 Å². The summed E-state index contributed by atoms with van der Waals surface area (Å²) in [6.07, 6.45) is 2.16. The van der Waals surface area contributed by atoms with E-state index in [4.69, 9.17) is 11.6 Å². The van der Waals surface area contributed by atoms with Gasteiger partial charge in [0.25, 0.3) is 0 Å². The summed E-state index contributed by atoms with van der Waals surface area (Å²) in [5.74, 6) is 1.19. The molecule has 0 unspecified atom stereocenters. The van der Waals surface area contributed by atoms with Crippen LogP contribution in [-0.2, 0) is 12.7 Å². The lowest BCUT2D eigenvalue weighted by atomic mass is 10.1. The van der Waals surface area contributed by atoms with E-state index < -0.39 is 11.7 Å². The fourth-order valence-corrected chi connectivity index (χ4v) is 5.72. The van der Waals surface area contributed by atoms with E-state index in [9.17, 15) is 13.2 Å². The molecule has 0 radical (unpaired) electrons. The molecular formula is C25H29ClF3N7S. The summed E-state index contributed by atoms with van der Waals surface area (Å²) in [6.45, 7) is 6.93. The Kier molecular flexibility index (Phi) is 7.94. The molecule has 2 saturated heterocycles. The third kappa shape index (κ3) is 6.22. The summed E-state index contributed by atoms with van der Waals surface area (Å²) in [6, 6.07) is 5.85. The number of imidazole rings is 1. The molecule has 1 aromatic carbocycles. The Labute approximate surface area is 223 Å². The molecule has 2 aliphatic heterocycles. The molecule has 3 aromatic rings. The van der Waals surface area contributed by atoms with Gasteiger partial charge in [0.05, 0.1) is 10.7 Å². The zero-order valence-electron chi connectivity index (χ0n) is 20.5. The topological polar surface area (TPSA) is 62.1 Å². The number of benzene rings is 1. The van der Waals surface area contributed by atoms with Crippen molar-refractivity contribution in [2.75, 3.05) is 37.2 Å². The van der Waals surface area contributed by atoms with E-state index in [2.05, 4.69) is 36.4 Å². The summed E-state index contributed by atoms with van der Waals surface area (Å²) in [7, 11) is 0. The Morgan fingerprint density at radius 1 is 1.14 bits per heavy atom. The number of alkyl halides is 3. The van der Waals surface area contributed by atoms with E-state index in [0.29, 0.717) is 10.7 Å². The molecule has 12 heteroatoms. The number of rotatable bonds is 8. The van der Waals surface area contributed by atoms with E-state index in [1.54, 1.807) is 16.5 Å². The van der Waals surface area contributed by atoms with Crippen molar-refractivity contribution >= 4 is 29.5 Å². The molecule has 2 aliphatic rings. The van der Waals surface area contributed by atoms with Crippen LogP contribution in [0.3, 0.4) is 0 Å². The van der Waals surface area contributed by atoms with Crippen molar-refractivity contribution in [1.29, 1.82) is 0 Å². The van der Waals surface area contributed by atoms with Gasteiger partial charge in [0.15, 0.2) is 0 Å². The van der Waals surface area contributed by atoms with Crippen LogP contribution in [0.1, 0.15) is 37.3 Å². The molecule has 0 bridgehead atoms. The second kappa shape index (κ2) is 11.2. The average molecular weight is 552 g/mol. The summed E-state index contributed by atoms with van der Waals surface area (Å²) in [4.78, 5) is 14.8. The molecule has 4 heterocycles. The predicted octanol–water partition coefficient (Wildman–Crippen LogP) is 5.75. The van der Waals surface area contributed by atoms with Crippen molar-refractivity contribution in [3.63, 3.8) is 0 Å². The molecule has 7 nitrogen and oxygen atoms in total. The summed E-state index contributed by atoms with van der Waals surface area (Å²) < 4.78 is 45.5. The maximum Gasteiger partial charge on any atom is 0.420 e. The molecule has 0 atom stereocenters. The van der Waals surface area contributed by atoms with E-state index in [0.717, 1.165) is 63.1 Å². The van der Waals surface area contributed by atoms with Gasteiger partial charge >= 0.3 is 6.18 Å². The number of aromatic nitrogens is 4. The third-order valence-corrected chi connectivity index (χ3v) is 7.95. The second-order valence-electron chi connectivity index (χ2n) is 9.30. The first kappa shape index (κ1) is 26.3. The normalized spacial score (nSPS) is 17.6. The van der Waals surface area contributed by atoms with Gasteiger partial charge in [0, 0.05) is 43.8 Å². The lowest BCUT2D eigenvalue weighted by molar-refractivity contribution is -0.137. The molecule has 5 rings (SSSR count). The largest absolute Gasteiger partial charge is 0.420 e. The first-order valence-corrected chi connectivity index (χ1v) is 13.8. The second-order valence-corrected chi connectivity index (χ2v) is 11.1. The highest BCUT2D eigenvalue weighted by molar-refractivity contribution is 7.96. The Bertz CT molecular complexity index is 1220. The van der Waals surface area contributed by atoms with Gasteiger partial charge in [-0.1, -0.05) is 36.5 Å². The standard InChI is InChI=1S/C25H29ClF3N7S/c1-2-37-36-10-6-18(7-11-36)32-24-30-13-19(25(27,28)29)23(33-24)21-15-35(16-31-21)22-5-4-17(12-20(22)26)14-34-8-3-9-34/h4-5,12-13,15-16,18H,2-3,6-11,14H2,1H3,(H,30,32,33). The number of nitrogens with zero attached hydrogens (tertiary/aromatic N) is 6. The predicted molar refractivity (Wildman–Crippen MR) is 141 cm³/mol. The molecule has 0 amide bonds. The lowest BCUT2D eigenvalue weighted by Crippen LogP contribution is -2.36. The molecule has 0 spiro atoms. The molecule has 0 aliphatic carbocycles. The summed E-state index contributed by atoms with van der Waals surface area (Å²) in [5.41, 5.74) is 0.665. The molecule has 2 aromatic heterocycles. The van der Waals surface area contributed by atoms with Crippen LogP contribution in [-0.4, -0.2) is 66.7 Å². The smallest absolute Gasteiger partial charge is 0.351 e. The molecule has 37 heavy (non-hydrogen) atoms. The zero-order chi connectivity index (χ0) is 26.0. The zero-order valence-corrected chi connectivity index (χ0v) is 22.1. The van der Waals surface area contributed by atoms with Crippen LogP contribution in [0.25, 0.3) is 17.1 Å². The fraction of sp³-hybridized carbons (Fsp3) is 0.480. The highest BCUT2D eigenvalue weighted by atomic mass is 35.5. The number of halogens is 4. The average Bonchev–Trinajstić information content (AvgIpc) is 3.32. The van der Waals surface area contributed by atoms with Crippen molar-refractivity contribution in [2.45, 2.75) is 44.9 Å². The quantitative estimate of drug-likeness (QED) is 0.358. The Hall–Kier alpha value is -2.34. The lowest BCUT2D eigenvalue weighted by Gasteiger charge is -2.31. The molecule has 0 saturated carbocycles. The maximum atomic E-state index is 13.8. The van der Waals surface area contributed by atoms with E-state index in [-0.39, 0.29) is 23.4 Å². The number of hydrogen-bond donors (Lipinski definition) is 1. The van der Waals surface area contributed by atoms with Gasteiger partial charge in [-0.15, -0.1) is 0 Å². The maximum absolute atomic E-state index is 13.8. The Balaban J connectivity index is 1.37. The van der Waals surface area contributed by atoms with Gasteiger partial charge in [-0.25, -0.2) is 15.0 Å². The molecule has 2 fully saturated rings. The van der Waals surface area contributed by atoms with Gasteiger partial charge in [0.1, 0.15) is 23.3 Å². The van der Waals surface area contributed by atoms with Gasteiger partial charge in [-0.05, 0) is 50.0 Å². The summed E-state index contributed by atoms with van der Waals surface area (Å²) >= 11 is 8.34.